The number of esters is 3. The maximum Gasteiger partial charge on any atom is 0.335 e. The van der Waals surface area contributed by atoms with Gasteiger partial charge in [0.1, 0.15) is 0 Å². The Morgan fingerprint density at radius 2 is 1.29 bits per heavy atom. The van der Waals surface area contributed by atoms with Crippen molar-refractivity contribution < 1.29 is 28.6 Å². The minimum atomic E-state index is -0.730. The lowest BCUT2D eigenvalue weighted by atomic mass is 10.1. The second kappa shape index (κ2) is 9.15. The molecule has 0 rings (SSSR count). The summed E-state index contributed by atoms with van der Waals surface area (Å²) in [6.07, 6.45) is -0.340. The Morgan fingerprint density at radius 3 is 1.71 bits per heavy atom. The summed E-state index contributed by atoms with van der Waals surface area (Å²) < 4.78 is 14.9. The Kier molecular flexibility index (Phi) is 8.35. The van der Waals surface area contributed by atoms with Gasteiger partial charge < -0.3 is 14.2 Å². The summed E-state index contributed by atoms with van der Waals surface area (Å²) in [6, 6.07) is 0. The maximum absolute atomic E-state index is 11.9. The highest BCUT2D eigenvalue weighted by molar-refractivity contribution is 5.99. The summed E-state index contributed by atoms with van der Waals surface area (Å²) in [7, 11) is 0. The van der Waals surface area contributed by atoms with Gasteiger partial charge in [0.25, 0.3) is 0 Å². The minimum Gasteiger partial charge on any atom is -0.463 e. The molecular formula is C15H24O6. The molecule has 0 radical (unpaired) electrons. The Labute approximate surface area is 125 Å². The van der Waals surface area contributed by atoms with Crippen LogP contribution in [0.1, 0.15) is 48.0 Å². The molecule has 0 unspecified atom stereocenters. The van der Waals surface area contributed by atoms with E-state index < -0.39 is 17.9 Å². The van der Waals surface area contributed by atoms with E-state index in [9.17, 15) is 14.4 Å². The third-order valence-corrected chi connectivity index (χ3v) is 1.95. The fourth-order valence-electron chi connectivity index (χ4n) is 1.34. The van der Waals surface area contributed by atoms with E-state index in [0.29, 0.717) is 0 Å². The highest BCUT2D eigenvalue weighted by Gasteiger charge is 2.20. The van der Waals surface area contributed by atoms with Gasteiger partial charge in [0.15, 0.2) is 0 Å². The van der Waals surface area contributed by atoms with Crippen LogP contribution in [0.3, 0.4) is 0 Å². The molecule has 21 heavy (non-hydrogen) atoms. The molecule has 0 aliphatic carbocycles. The highest BCUT2D eigenvalue weighted by atomic mass is 16.6. The molecule has 0 bridgehead atoms. The fourth-order valence-corrected chi connectivity index (χ4v) is 1.34. The van der Waals surface area contributed by atoms with Crippen molar-refractivity contribution in [3.8, 4) is 0 Å². The van der Waals surface area contributed by atoms with Crippen molar-refractivity contribution in [2.45, 2.75) is 66.3 Å². The van der Waals surface area contributed by atoms with E-state index in [-0.39, 0.29) is 30.3 Å². The smallest absolute Gasteiger partial charge is 0.335 e. The SMILES string of the molecule is CC(C)OC(=O)/C=C(/CC(=O)OC(C)C)C(=O)OC(C)C. The van der Waals surface area contributed by atoms with Gasteiger partial charge in [-0.2, -0.15) is 0 Å². The molecule has 0 aliphatic heterocycles. The van der Waals surface area contributed by atoms with E-state index in [0.717, 1.165) is 6.08 Å². The molecule has 6 nitrogen and oxygen atoms in total. The molecule has 0 N–H and O–H groups in total. The Balaban J connectivity index is 5.00. The molecule has 0 heterocycles. The van der Waals surface area contributed by atoms with E-state index in [2.05, 4.69) is 0 Å². The van der Waals surface area contributed by atoms with Crippen molar-refractivity contribution in [2.75, 3.05) is 0 Å². The van der Waals surface area contributed by atoms with Gasteiger partial charge in [-0.25, -0.2) is 9.59 Å². The quantitative estimate of drug-likeness (QED) is 0.407. The Bertz CT molecular complexity index is 406. The van der Waals surface area contributed by atoms with Crippen LogP contribution in [0, 0.1) is 0 Å². The van der Waals surface area contributed by atoms with Gasteiger partial charge in [-0.1, -0.05) is 0 Å². The molecule has 0 saturated carbocycles. The van der Waals surface area contributed by atoms with Crippen molar-refractivity contribution in [2.24, 2.45) is 0 Å². The zero-order chi connectivity index (χ0) is 16.6. The molecule has 0 aliphatic rings. The molecule has 0 fully saturated rings. The van der Waals surface area contributed by atoms with Gasteiger partial charge in [0.2, 0.25) is 0 Å². The number of hydrogen-bond donors (Lipinski definition) is 0. The summed E-state index contributed by atoms with van der Waals surface area (Å²) >= 11 is 0. The van der Waals surface area contributed by atoms with Crippen LogP contribution in [0.2, 0.25) is 0 Å². The summed E-state index contributed by atoms with van der Waals surface area (Å²) in [5.74, 6) is -2.03. The summed E-state index contributed by atoms with van der Waals surface area (Å²) in [5, 5.41) is 0. The zero-order valence-corrected chi connectivity index (χ0v) is 13.5. The van der Waals surface area contributed by atoms with Gasteiger partial charge >= 0.3 is 17.9 Å². The van der Waals surface area contributed by atoms with Crippen molar-refractivity contribution >= 4 is 17.9 Å². The van der Waals surface area contributed by atoms with Gasteiger partial charge in [0, 0.05) is 6.08 Å². The third-order valence-electron chi connectivity index (χ3n) is 1.95. The van der Waals surface area contributed by atoms with Crippen molar-refractivity contribution in [1.29, 1.82) is 0 Å². The number of carbonyl (C=O) groups excluding carboxylic acids is 3. The molecule has 0 aromatic rings. The minimum absolute atomic E-state index is 0.0833. The molecule has 0 saturated heterocycles. The average Bonchev–Trinajstić information content (AvgIpc) is 2.24. The average molecular weight is 300 g/mol. The molecule has 0 atom stereocenters. The van der Waals surface area contributed by atoms with E-state index in [1.165, 1.54) is 0 Å². The second-order valence-electron chi connectivity index (χ2n) is 5.32. The molecule has 120 valence electrons. The van der Waals surface area contributed by atoms with Gasteiger partial charge in [-0.05, 0) is 41.5 Å². The Hall–Kier alpha value is -1.85. The van der Waals surface area contributed by atoms with Gasteiger partial charge in [0.05, 0.1) is 30.3 Å². The van der Waals surface area contributed by atoms with Gasteiger partial charge in [-0.3, -0.25) is 4.79 Å². The second-order valence-corrected chi connectivity index (χ2v) is 5.32. The predicted octanol–water partition coefficient (Wildman–Crippen LogP) is 2.16. The van der Waals surface area contributed by atoms with E-state index in [1.54, 1.807) is 41.5 Å². The molecular weight excluding hydrogens is 276 g/mol. The monoisotopic (exact) mass is 300 g/mol. The standard InChI is InChI=1S/C15H24O6/c1-9(2)19-13(16)7-12(15(18)21-11(5)6)8-14(17)20-10(3)4/h7,9-11H,8H2,1-6H3/b12-7-. The van der Waals surface area contributed by atoms with Crippen LogP contribution in [0.5, 0.6) is 0 Å². The maximum atomic E-state index is 11.9. The van der Waals surface area contributed by atoms with Crippen molar-refractivity contribution in [3.05, 3.63) is 11.6 Å². The first-order chi connectivity index (χ1) is 9.61. The van der Waals surface area contributed by atoms with Crippen LogP contribution < -0.4 is 0 Å². The molecule has 0 amide bonds. The largest absolute Gasteiger partial charge is 0.463 e. The van der Waals surface area contributed by atoms with E-state index in [4.69, 9.17) is 14.2 Å². The molecule has 0 aromatic carbocycles. The molecule has 6 heteroatoms. The van der Waals surface area contributed by atoms with Crippen LogP contribution in [-0.2, 0) is 28.6 Å². The summed E-state index contributed by atoms with van der Waals surface area (Å²) in [6.45, 7) is 10.1. The first-order valence-electron chi connectivity index (χ1n) is 6.93. The van der Waals surface area contributed by atoms with Crippen molar-refractivity contribution in [3.63, 3.8) is 0 Å². The summed E-state index contributed by atoms with van der Waals surface area (Å²) in [5.41, 5.74) is -0.0833. The van der Waals surface area contributed by atoms with Crippen LogP contribution in [0.25, 0.3) is 0 Å². The van der Waals surface area contributed by atoms with Crippen LogP contribution in [-0.4, -0.2) is 36.2 Å². The third kappa shape index (κ3) is 9.65. The molecule has 0 spiro atoms. The normalized spacial score (nSPS) is 11.8. The fraction of sp³-hybridized carbons (Fsp3) is 0.667. The number of carbonyl (C=O) groups is 3. The zero-order valence-electron chi connectivity index (χ0n) is 13.5. The Morgan fingerprint density at radius 1 is 0.810 bits per heavy atom. The van der Waals surface area contributed by atoms with Gasteiger partial charge in [-0.15, -0.1) is 0 Å². The van der Waals surface area contributed by atoms with Crippen LogP contribution in [0.4, 0.5) is 0 Å². The van der Waals surface area contributed by atoms with E-state index in [1.807, 2.05) is 0 Å². The topological polar surface area (TPSA) is 78.9 Å². The first kappa shape index (κ1) is 19.1. The lowest BCUT2D eigenvalue weighted by Gasteiger charge is -2.12. The number of rotatable bonds is 7. The molecule has 0 aromatic heterocycles. The van der Waals surface area contributed by atoms with Crippen molar-refractivity contribution in [1.82, 2.24) is 0 Å². The highest BCUT2D eigenvalue weighted by Crippen LogP contribution is 2.10. The number of hydrogen-bond acceptors (Lipinski definition) is 6. The van der Waals surface area contributed by atoms with Crippen LogP contribution in [0.15, 0.2) is 11.6 Å². The summed E-state index contributed by atoms with van der Waals surface area (Å²) in [4.78, 5) is 35.1. The predicted molar refractivity (Wildman–Crippen MR) is 76.4 cm³/mol. The lowest BCUT2D eigenvalue weighted by molar-refractivity contribution is -0.150. The van der Waals surface area contributed by atoms with E-state index >= 15 is 0 Å². The number of ether oxygens (including phenoxy) is 3. The first-order valence-corrected chi connectivity index (χ1v) is 6.93. The lowest BCUT2D eigenvalue weighted by Crippen LogP contribution is -2.20. The van der Waals surface area contributed by atoms with Crippen LogP contribution >= 0.6 is 0 Å².